The summed E-state index contributed by atoms with van der Waals surface area (Å²) in [7, 11) is 3.27. The van der Waals surface area contributed by atoms with Crippen LogP contribution in [0.15, 0.2) is 43.2 Å². The van der Waals surface area contributed by atoms with E-state index in [1.165, 1.54) is 28.3 Å². The minimum absolute atomic E-state index is 0.0197. The molecule has 11 heteroatoms. The summed E-state index contributed by atoms with van der Waals surface area (Å²) in [5.41, 5.74) is 0.958. The van der Waals surface area contributed by atoms with E-state index in [9.17, 15) is 14.0 Å². The van der Waals surface area contributed by atoms with E-state index in [1.54, 1.807) is 43.2 Å². The molecule has 3 rings (SSSR count). The van der Waals surface area contributed by atoms with Gasteiger partial charge in [-0.2, -0.15) is 0 Å². The smallest absolute Gasteiger partial charge is 0.321 e. The second-order valence-electron chi connectivity index (χ2n) is 6.12. The van der Waals surface area contributed by atoms with Crippen molar-refractivity contribution in [2.45, 2.75) is 13.1 Å². The maximum atomic E-state index is 14.2. The Kier molecular flexibility index (Phi) is 5.63. The molecule has 2 N–H and O–H groups in total. The number of amides is 3. The lowest BCUT2D eigenvalue weighted by Gasteiger charge is -2.09. The number of rotatable bonds is 6. The number of anilines is 1. The van der Waals surface area contributed by atoms with Gasteiger partial charge in [0.1, 0.15) is 18.7 Å². The molecule has 0 bridgehead atoms. The van der Waals surface area contributed by atoms with E-state index in [-0.39, 0.29) is 24.9 Å². The predicted molar refractivity (Wildman–Crippen MR) is 98.1 cm³/mol. The van der Waals surface area contributed by atoms with Crippen LogP contribution in [-0.4, -0.2) is 55.2 Å². The highest BCUT2D eigenvalue weighted by Crippen LogP contribution is 2.15. The Morgan fingerprint density at radius 1 is 1.25 bits per heavy atom. The lowest BCUT2D eigenvalue weighted by atomic mass is 10.2. The molecule has 0 saturated carbocycles. The molecule has 1 aromatic carbocycles. The Bertz CT molecular complexity index is 967. The van der Waals surface area contributed by atoms with Crippen molar-refractivity contribution in [1.82, 2.24) is 34.5 Å². The maximum absolute atomic E-state index is 14.2. The van der Waals surface area contributed by atoms with Gasteiger partial charge in [-0.05, 0) is 17.7 Å². The number of aromatic nitrogens is 5. The first-order chi connectivity index (χ1) is 13.4. The third-order valence-electron chi connectivity index (χ3n) is 3.81. The summed E-state index contributed by atoms with van der Waals surface area (Å²) >= 11 is 0. The topological polar surface area (TPSA) is 110 Å². The highest BCUT2D eigenvalue weighted by molar-refractivity contribution is 5.87. The van der Waals surface area contributed by atoms with Crippen molar-refractivity contribution in [2.24, 2.45) is 0 Å². The fraction of sp³-hybridized carbons (Fsp3) is 0.235. The first kappa shape index (κ1) is 19.0. The summed E-state index contributed by atoms with van der Waals surface area (Å²) in [4.78, 5) is 32.8. The number of urea groups is 1. The van der Waals surface area contributed by atoms with Crippen LogP contribution in [0, 0.1) is 5.82 Å². The summed E-state index contributed by atoms with van der Waals surface area (Å²) in [5.74, 6) is -0.517. The van der Waals surface area contributed by atoms with Crippen LogP contribution < -0.4 is 10.6 Å². The van der Waals surface area contributed by atoms with Crippen LogP contribution in [0.25, 0.3) is 5.69 Å². The van der Waals surface area contributed by atoms with E-state index in [0.29, 0.717) is 11.3 Å². The molecule has 0 aliphatic rings. The van der Waals surface area contributed by atoms with Crippen molar-refractivity contribution in [3.63, 3.8) is 0 Å². The predicted octanol–water partition coefficient (Wildman–Crippen LogP) is 1.01. The number of imidazole rings is 1. The van der Waals surface area contributed by atoms with E-state index in [4.69, 9.17) is 0 Å². The second kappa shape index (κ2) is 8.29. The SMILES string of the molecule is CN(C)C(=O)Cn1cnc(NC(=O)NCc2ccc(-n3ccnc3)c(F)c2)n1. The van der Waals surface area contributed by atoms with E-state index in [1.807, 2.05) is 0 Å². The average molecular weight is 386 g/mol. The van der Waals surface area contributed by atoms with Crippen LogP contribution in [0.3, 0.4) is 0 Å². The number of nitrogens with zero attached hydrogens (tertiary/aromatic N) is 6. The van der Waals surface area contributed by atoms with Gasteiger partial charge in [-0.3, -0.25) is 10.1 Å². The van der Waals surface area contributed by atoms with Crippen LogP contribution in [0.4, 0.5) is 15.1 Å². The molecule has 2 aromatic heterocycles. The Morgan fingerprint density at radius 2 is 2.07 bits per heavy atom. The fourth-order valence-corrected chi connectivity index (χ4v) is 2.31. The summed E-state index contributed by atoms with van der Waals surface area (Å²) < 4.78 is 17.1. The van der Waals surface area contributed by atoms with Crippen LogP contribution in [0.2, 0.25) is 0 Å². The summed E-state index contributed by atoms with van der Waals surface area (Å²) in [5, 5.41) is 9.06. The highest BCUT2D eigenvalue weighted by Gasteiger charge is 2.10. The largest absolute Gasteiger partial charge is 0.347 e. The lowest BCUT2D eigenvalue weighted by Crippen LogP contribution is -2.29. The Hall–Kier alpha value is -3.76. The number of benzene rings is 1. The minimum Gasteiger partial charge on any atom is -0.347 e. The van der Waals surface area contributed by atoms with Gasteiger partial charge in [0.15, 0.2) is 0 Å². The molecule has 0 fully saturated rings. The molecule has 2 heterocycles. The van der Waals surface area contributed by atoms with Crippen molar-refractivity contribution in [2.75, 3.05) is 19.4 Å². The van der Waals surface area contributed by atoms with Crippen molar-refractivity contribution in [3.05, 3.63) is 54.6 Å². The normalized spacial score (nSPS) is 10.5. The zero-order valence-corrected chi connectivity index (χ0v) is 15.3. The van der Waals surface area contributed by atoms with Crippen molar-refractivity contribution in [3.8, 4) is 5.69 Å². The van der Waals surface area contributed by atoms with Crippen molar-refractivity contribution in [1.29, 1.82) is 0 Å². The first-order valence-corrected chi connectivity index (χ1v) is 8.33. The Labute approximate surface area is 160 Å². The van der Waals surface area contributed by atoms with Gasteiger partial charge in [-0.25, -0.2) is 23.8 Å². The molecule has 0 spiro atoms. The number of likely N-dealkylation sites (N-methyl/N-ethyl adjacent to an activating group) is 1. The second-order valence-corrected chi connectivity index (χ2v) is 6.12. The minimum atomic E-state index is -0.546. The van der Waals surface area contributed by atoms with Gasteiger partial charge in [0, 0.05) is 33.0 Å². The molecule has 0 radical (unpaired) electrons. The highest BCUT2D eigenvalue weighted by atomic mass is 19.1. The number of halogens is 1. The summed E-state index contributed by atoms with van der Waals surface area (Å²) in [6.45, 7) is 0.138. The number of hydrogen-bond acceptors (Lipinski definition) is 5. The van der Waals surface area contributed by atoms with Gasteiger partial charge in [0.25, 0.3) is 0 Å². The number of carbonyl (C=O) groups excluding carboxylic acids is 2. The molecule has 0 aliphatic heterocycles. The molecular weight excluding hydrogens is 367 g/mol. The van der Waals surface area contributed by atoms with E-state index >= 15 is 0 Å². The van der Waals surface area contributed by atoms with Crippen LogP contribution in [0.5, 0.6) is 0 Å². The molecule has 0 atom stereocenters. The molecule has 3 amide bonds. The van der Waals surface area contributed by atoms with Crippen LogP contribution in [-0.2, 0) is 17.9 Å². The Morgan fingerprint density at radius 3 is 2.75 bits per heavy atom. The van der Waals surface area contributed by atoms with Gasteiger partial charge in [0.2, 0.25) is 11.9 Å². The quantitative estimate of drug-likeness (QED) is 0.657. The Balaban J connectivity index is 1.53. The fourth-order valence-electron chi connectivity index (χ4n) is 2.31. The molecule has 3 aromatic rings. The van der Waals surface area contributed by atoms with Gasteiger partial charge in [-0.1, -0.05) is 6.07 Å². The van der Waals surface area contributed by atoms with Gasteiger partial charge < -0.3 is 14.8 Å². The number of carbonyl (C=O) groups is 2. The van der Waals surface area contributed by atoms with Gasteiger partial charge in [0.05, 0.1) is 12.0 Å². The molecular formula is C17H19FN8O2. The standard InChI is InChI=1S/C17H19FN8O2/c1-24(2)15(27)9-26-11-21-16(23-26)22-17(28)20-8-12-3-4-14(13(18)7-12)25-6-5-19-10-25/h3-7,10-11H,8-9H2,1-2H3,(H2,20,22,23,28). The number of nitrogens with one attached hydrogen (secondary N) is 2. The van der Waals surface area contributed by atoms with Crippen LogP contribution >= 0.6 is 0 Å². The molecule has 28 heavy (non-hydrogen) atoms. The lowest BCUT2D eigenvalue weighted by molar-refractivity contribution is -0.129. The van der Waals surface area contributed by atoms with Crippen LogP contribution in [0.1, 0.15) is 5.56 Å². The summed E-state index contributed by atoms with van der Waals surface area (Å²) in [6, 6.07) is 4.11. The molecule has 146 valence electrons. The van der Waals surface area contributed by atoms with Crippen molar-refractivity contribution < 1.29 is 14.0 Å². The third kappa shape index (κ3) is 4.69. The van der Waals surface area contributed by atoms with Crippen molar-refractivity contribution >= 4 is 17.9 Å². The molecule has 0 aliphatic carbocycles. The first-order valence-electron chi connectivity index (χ1n) is 8.33. The van der Waals surface area contributed by atoms with E-state index in [2.05, 4.69) is 25.7 Å². The number of hydrogen-bond donors (Lipinski definition) is 2. The monoisotopic (exact) mass is 386 g/mol. The molecule has 0 unspecified atom stereocenters. The van der Waals surface area contributed by atoms with E-state index in [0.717, 1.165) is 0 Å². The zero-order chi connectivity index (χ0) is 20.1. The summed E-state index contributed by atoms with van der Waals surface area (Å²) in [6.07, 6.45) is 6.05. The average Bonchev–Trinajstić information content (AvgIpc) is 3.32. The van der Waals surface area contributed by atoms with E-state index < -0.39 is 11.8 Å². The molecule has 0 saturated heterocycles. The molecule has 10 nitrogen and oxygen atoms in total. The maximum Gasteiger partial charge on any atom is 0.321 e. The zero-order valence-electron chi connectivity index (χ0n) is 15.3. The van der Waals surface area contributed by atoms with Gasteiger partial charge >= 0.3 is 6.03 Å². The van der Waals surface area contributed by atoms with Gasteiger partial charge in [-0.15, -0.1) is 5.10 Å². The third-order valence-corrected chi connectivity index (χ3v) is 3.81.